The molecule has 2 rings (SSSR count). The van der Waals surface area contributed by atoms with Crippen molar-refractivity contribution in [2.45, 2.75) is 25.8 Å². The molecule has 0 bridgehead atoms. The van der Waals surface area contributed by atoms with Gasteiger partial charge in [-0.25, -0.2) is 0 Å². The molecule has 1 aromatic rings. The van der Waals surface area contributed by atoms with Gasteiger partial charge in [0.25, 0.3) is 0 Å². The number of rotatable bonds is 6. The molecule has 1 aliphatic heterocycles. The molecular formula is C14H22N2O2. The third-order valence-corrected chi connectivity index (χ3v) is 3.27. The minimum Gasteiger partial charge on any atom is -0.454 e. The zero-order chi connectivity index (χ0) is 13.0. The zero-order valence-electron chi connectivity index (χ0n) is 11.4. The quantitative estimate of drug-likeness (QED) is 0.752. The van der Waals surface area contributed by atoms with Crippen LogP contribution in [0, 0.1) is 0 Å². The summed E-state index contributed by atoms with van der Waals surface area (Å²) < 4.78 is 10.7. The van der Waals surface area contributed by atoms with Crippen LogP contribution in [-0.2, 0) is 6.42 Å². The fourth-order valence-corrected chi connectivity index (χ4v) is 1.82. The number of likely N-dealkylation sites (N-methyl/N-ethyl adjacent to an activating group) is 1. The van der Waals surface area contributed by atoms with E-state index >= 15 is 0 Å². The van der Waals surface area contributed by atoms with Crippen LogP contribution in [0.15, 0.2) is 18.2 Å². The normalized spacial score (nSPS) is 13.9. The summed E-state index contributed by atoms with van der Waals surface area (Å²) in [7, 11) is 1.99. The molecule has 2 N–H and O–H groups in total. The highest BCUT2D eigenvalue weighted by atomic mass is 16.7. The molecule has 18 heavy (non-hydrogen) atoms. The lowest BCUT2D eigenvalue weighted by Crippen LogP contribution is -2.46. The van der Waals surface area contributed by atoms with Gasteiger partial charge >= 0.3 is 0 Å². The smallest absolute Gasteiger partial charge is 0.231 e. The summed E-state index contributed by atoms with van der Waals surface area (Å²) in [6.07, 6.45) is 0.996. The van der Waals surface area contributed by atoms with Crippen molar-refractivity contribution in [1.29, 1.82) is 0 Å². The lowest BCUT2D eigenvalue weighted by Gasteiger charge is -2.24. The Morgan fingerprint density at radius 3 is 2.78 bits per heavy atom. The van der Waals surface area contributed by atoms with Gasteiger partial charge in [0, 0.05) is 12.1 Å². The van der Waals surface area contributed by atoms with Crippen LogP contribution >= 0.6 is 0 Å². The van der Waals surface area contributed by atoms with Crippen molar-refractivity contribution >= 4 is 0 Å². The first kappa shape index (κ1) is 13.2. The third-order valence-electron chi connectivity index (χ3n) is 3.27. The second-order valence-electron chi connectivity index (χ2n) is 5.25. The van der Waals surface area contributed by atoms with E-state index in [0.717, 1.165) is 31.0 Å². The lowest BCUT2D eigenvalue weighted by molar-refractivity contribution is 0.174. The molecule has 4 nitrogen and oxygen atoms in total. The highest BCUT2D eigenvalue weighted by molar-refractivity contribution is 5.44. The lowest BCUT2D eigenvalue weighted by atomic mass is 10.1. The number of benzene rings is 1. The van der Waals surface area contributed by atoms with Crippen molar-refractivity contribution in [2.75, 3.05) is 26.9 Å². The van der Waals surface area contributed by atoms with Gasteiger partial charge in [0.15, 0.2) is 11.5 Å². The van der Waals surface area contributed by atoms with Gasteiger partial charge < -0.3 is 20.1 Å². The predicted octanol–water partition coefficient (Wildman–Crippen LogP) is 1.55. The molecule has 4 heteroatoms. The van der Waals surface area contributed by atoms with Crippen LogP contribution < -0.4 is 20.1 Å². The number of ether oxygens (including phenoxy) is 2. The van der Waals surface area contributed by atoms with Gasteiger partial charge in [0.2, 0.25) is 6.79 Å². The van der Waals surface area contributed by atoms with Crippen LogP contribution in [0.3, 0.4) is 0 Å². The number of hydrogen-bond acceptors (Lipinski definition) is 4. The summed E-state index contributed by atoms with van der Waals surface area (Å²) in [5.41, 5.74) is 1.41. The molecule has 100 valence electrons. The second-order valence-corrected chi connectivity index (χ2v) is 5.25. The van der Waals surface area contributed by atoms with Crippen LogP contribution in [0.2, 0.25) is 0 Å². The van der Waals surface area contributed by atoms with Crippen molar-refractivity contribution in [2.24, 2.45) is 0 Å². The van der Waals surface area contributed by atoms with Crippen molar-refractivity contribution < 1.29 is 9.47 Å². The van der Waals surface area contributed by atoms with Gasteiger partial charge in [-0.15, -0.1) is 0 Å². The van der Waals surface area contributed by atoms with E-state index in [0.29, 0.717) is 6.79 Å². The minimum absolute atomic E-state index is 0.134. The van der Waals surface area contributed by atoms with Crippen LogP contribution in [0.1, 0.15) is 19.4 Å². The Balaban J connectivity index is 1.77. The highest BCUT2D eigenvalue weighted by Gasteiger charge is 2.14. The molecule has 1 aromatic carbocycles. The Morgan fingerprint density at radius 1 is 1.22 bits per heavy atom. The largest absolute Gasteiger partial charge is 0.454 e. The van der Waals surface area contributed by atoms with Crippen LogP contribution in [-0.4, -0.2) is 32.5 Å². The molecule has 0 aliphatic carbocycles. The molecular weight excluding hydrogens is 228 g/mol. The molecule has 1 heterocycles. The van der Waals surface area contributed by atoms with Crippen LogP contribution in [0.25, 0.3) is 0 Å². The highest BCUT2D eigenvalue weighted by Crippen LogP contribution is 2.32. The number of fused-ring (bicyclic) bond motifs is 1. The van der Waals surface area contributed by atoms with Gasteiger partial charge in [-0.1, -0.05) is 6.07 Å². The maximum atomic E-state index is 5.36. The third kappa shape index (κ3) is 3.37. The molecule has 0 radical (unpaired) electrons. The summed E-state index contributed by atoms with van der Waals surface area (Å²) in [5.74, 6) is 1.71. The Labute approximate surface area is 109 Å². The number of hydrogen-bond donors (Lipinski definition) is 2. The maximum Gasteiger partial charge on any atom is 0.231 e. The van der Waals surface area contributed by atoms with Crippen molar-refractivity contribution in [3.05, 3.63) is 23.8 Å². The molecule has 0 amide bonds. The fraction of sp³-hybridized carbons (Fsp3) is 0.571. The first-order chi connectivity index (χ1) is 8.61. The van der Waals surface area contributed by atoms with Crippen LogP contribution in [0.4, 0.5) is 0 Å². The summed E-state index contributed by atoms with van der Waals surface area (Å²) >= 11 is 0. The molecule has 0 spiro atoms. The molecule has 0 saturated heterocycles. The summed E-state index contributed by atoms with van der Waals surface area (Å²) in [4.78, 5) is 0. The topological polar surface area (TPSA) is 42.5 Å². The zero-order valence-corrected chi connectivity index (χ0v) is 11.4. The van der Waals surface area contributed by atoms with Gasteiger partial charge in [0.1, 0.15) is 0 Å². The Hall–Kier alpha value is -1.26. The Kier molecular flexibility index (Phi) is 4.09. The summed E-state index contributed by atoms with van der Waals surface area (Å²) in [6.45, 7) is 6.62. The van der Waals surface area contributed by atoms with Crippen molar-refractivity contribution in [1.82, 2.24) is 10.6 Å². The van der Waals surface area contributed by atoms with Crippen molar-refractivity contribution in [3.8, 4) is 11.5 Å². The Bertz CT molecular complexity index is 405. The van der Waals surface area contributed by atoms with E-state index in [1.165, 1.54) is 5.56 Å². The maximum absolute atomic E-state index is 5.36. The molecule has 0 saturated carbocycles. The van der Waals surface area contributed by atoms with E-state index in [1.807, 2.05) is 13.1 Å². The second kappa shape index (κ2) is 5.59. The van der Waals surface area contributed by atoms with E-state index in [9.17, 15) is 0 Å². The molecule has 1 aliphatic rings. The monoisotopic (exact) mass is 250 g/mol. The molecule has 0 atom stereocenters. The average Bonchev–Trinajstić information content (AvgIpc) is 2.82. The van der Waals surface area contributed by atoms with Gasteiger partial charge in [0.05, 0.1) is 0 Å². The van der Waals surface area contributed by atoms with E-state index < -0.39 is 0 Å². The van der Waals surface area contributed by atoms with Gasteiger partial charge in [-0.2, -0.15) is 0 Å². The Morgan fingerprint density at radius 2 is 2.00 bits per heavy atom. The first-order valence-corrected chi connectivity index (χ1v) is 6.39. The average molecular weight is 250 g/mol. The minimum atomic E-state index is 0.134. The standard InChI is InChI=1S/C14H22N2O2/c1-14(2,15-3)9-16-7-6-11-4-5-12-13(8-11)18-10-17-12/h4-5,8,15-16H,6-7,9-10H2,1-3H3. The summed E-state index contributed by atoms with van der Waals surface area (Å²) in [6, 6.07) is 6.14. The molecule has 0 unspecified atom stereocenters. The van der Waals surface area contributed by atoms with Gasteiger partial charge in [-0.3, -0.25) is 0 Å². The van der Waals surface area contributed by atoms with Gasteiger partial charge in [-0.05, 0) is 51.6 Å². The first-order valence-electron chi connectivity index (χ1n) is 6.39. The van der Waals surface area contributed by atoms with E-state index in [2.05, 4.69) is 36.6 Å². The van der Waals surface area contributed by atoms with E-state index in [4.69, 9.17) is 9.47 Å². The van der Waals surface area contributed by atoms with E-state index in [-0.39, 0.29) is 5.54 Å². The molecule has 0 fully saturated rings. The predicted molar refractivity (Wildman–Crippen MR) is 72.3 cm³/mol. The van der Waals surface area contributed by atoms with Crippen LogP contribution in [0.5, 0.6) is 11.5 Å². The summed E-state index contributed by atoms with van der Waals surface area (Å²) in [5, 5.41) is 6.73. The number of nitrogens with one attached hydrogen (secondary N) is 2. The fourth-order valence-electron chi connectivity index (χ4n) is 1.82. The SMILES string of the molecule is CNC(C)(C)CNCCc1ccc2c(c1)OCO2. The molecule has 0 aromatic heterocycles. The van der Waals surface area contributed by atoms with Crippen molar-refractivity contribution in [3.63, 3.8) is 0 Å². The van der Waals surface area contributed by atoms with E-state index in [1.54, 1.807) is 0 Å².